The highest BCUT2D eigenvalue weighted by molar-refractivity contribution is 6.32. The predicted octanol–water partition coefficient (Wildman–Crippen LogP) is 1.91. The van der Waals surface area contributed by atoms with Crippen molar-refractivity contribution in [2.24, 2.45) is 5.73 Å². The maximum atomic E-state index is 12.8. The van der Waals surface area contributed by atoms with Crippen LogP contribution in [0.25, 0.3) is 0 Å². The molecule has 0 bridgehead atoms. The van der Waals surface area contributed by atoms with E-state index in [0.717, 1.165) is 0 Å². The Balaban J connectivity index is 3.31. The van der Waals surface area contributed by atoms with Gasteiger partial charge in [0.05, 0.1) is 5.56 Å². The SMILES string of the molecule is NC(=O)c1cc(F)c(C(F)F)nc1Cl. The van der Waals surface area contributed by atoms with Gasteiger partial charge in [0.1, 0.15) is 10.8 Å². The van der Waals surface area contributed by atoms with E-state index in [2.05, 4.69) is 4.98 Å². The first-order valence-corrected chi connectivity index (χ1v) is 3.75. The summed E-state index contributed by atoms with van der Waals surface area (Å²) in [4.78, 5) is 13.6. The highest BCUT2D eigenvalue weighted by Crippen LogP contribution is 2.24. The van der Waals surface area contributed by atoms with Gasteiger partial charge < -0.3 is 5.73 Å². The monoisotopic (exact) mass is 224 g/mol. The van der Waals surface area contributed by atoms with Crippen LogP contribution in [0.3, 0.4) is 0 Å². The van der Waals surface area contributed by atoms with Crippen molar-refractivity contribution in [3.05, 3.63) is 28.3 Å². The van der Waals surface area contributed by atoms with E-state index in [1.54, 1.807) is 0 Å². The van der Waals surface area contributed by atoms with Gasteiger partial charge in [-0.25, -0.2) is 18.2 Å². The molecule has 1 aromatic heterocycles. The van der Waals surface area contributed by atoms with E-state index in [4.69, 9.17) is 17.3 Å². The van der Waals surface area contributed by atoms with Crippen molar-refractivity contribution in [3.63, 3.8) is 0 Å². The van der Waals surface area contributed by atoms with Gasteiger partial charge in [0.15, 0.2) is 5.82 Å². The third-order valence-corrected chi connectivity index (χ3v) is 1.72. The quantitative estimate of drug-likeness (QED) is 0.780. The lowest BCUT2D eigenvalue weighted by Crippen LogP contribution is -2.14. The standard InChI is InChI=1S/C7H4ClF3N2O/c8-5-2(7(12)14)1-3(9)4(13-5)6(10)11/h1,6H,(H2,12,14). The number of alkyl halides is 2. The van der Waals surface area contributed by atoms with E-state index in [0.29, 0.717) is 6.07 Å². The summed E-state index contributed by atoms with van der Waals surface area (Å²) in [5.74, 6) is -2.33. The van der Waals surface area contributed by atoms with E-state index < -0.39 is 34.6 Å². The molecular formula is C7H4ClF3N2O. The van der Waals surface area contributed by atoms with E-state index in [1.807, 2.05) is 0 Å². The minimum Gasteiger partial charge on any atom is -0.366 e. The third-order valence-electron chi connectivity index (χ3n) is 1.43. The van der Waals surface area contributed by atoms with Crippen molar-refractivity contribution < 1.29 is 18.0 Å². The van der Waals surface area contributed by atoms with Crippen LogP contribution in [0, 0.1) is 5.82 Å². The molecule has 1 aromatic rings. The van der Waals surface area contributed by atoms with Crippen LogP contribution in [0.1, 0.15) is 22.5 Å². The van der Waals surface area contributed by atoms with E-state index >= 15 is 0 Å². The van der Waals surface area contributed by atoms with Crippen molar-refractivity contribution in [1.82, 2.24) is 4.98 Å². The number of hydrogen-bond donors (Lipinski definition) is 1. The van der Waals surface area contributed by atoms with Gasteiger partial charge in [-0.15, -0.1) is 0 Å². The number of hydrogen-bond acceptors (Lipinski definition) is 2. The summed E-state index contributed by atoms with van der Waals surface area (Å²) < 4.78 is 37.0. The third kappa shape index (κ3) is 1.95. The van der Waals surface area contributed by atoms with Crippen LogP contribution in [-0.2, 0) is 0 Å². The van der Waals surface area contributed by atoms with Crippen LogP contribution in [0.15, 0.2) is 6.07 Å². The molecule has 0 unspecified atom stereocenters. The Hall–Kier alpha value is -1.30. The molecular weight excluding hydrogens is 221 g/mol. The van der Waals surface area contributed by atoms with Crippen LogP contribution in [0.2, 0.25) is 5.15 Å². The second-order valence-corrected chi connectivity index (χ2v) is 2.72. The maximum absolute atomic E-state index is 12.8. The topological polar surface area (TPSA) is 56.0 Å². The number of aromatic nitrogens is 1. The van der Waals surface area contributed by atoms with E-state index in [9.17, 15) is 18.0 Å². The zero-order chi connectivity index (χ0) is 10.9. The fourth-order valence-corrected chi connectivity index (χ4v) is 1.04. The molecule has 0 aromatic carbocycles. The molecule has 7 heteroatoms. The zero-order valence-electron chi connectivity index (χ0n) is 6.60. The van der Waals surface area contributed by atoms with Crippen LogP contribution < -0.4 is 5.73 Å². The fraction of sp³-hybridized carbons (Fsp3) is 0.143. The molecule has 0 saturated carbocycles. The Labute approximate surface area is 81.7 Å². The van der Waals surface area contributed by atoms with Crippen LogP contribution >= 0.6 is 11.6 Å². The maximum Gasteiger partial charge on any atom is 0.283 e. The average Bonchev–Trinajstić information content (AvgIpc) is 2.07. The number of carbonyl (C=O) groups excluding carboxylic acids is 1. The lowest BCUT2D eigenvalue weighted by atomic mass is 10.2. The Morgan fingerprint density at radius 2 is 2.14 bits per heavy atom. The first kappa shape index (κ1) is 10.8. The molecule has 1 rings (SSSR count). The van der Waals surface area contributed by atoms with Crippen LogP contribution in [-0.4, -0.2) is 10.9 Å². The number of nitrogens with two attached hydrogens (primary N) is 1. The Morgan fingerprint density at radius 3 is 2.57 bits per heavy atom. The largest absolute Gasteiger partial charge is 0.366 e. The lowest BCUT2D eigenvalue weighted by Gasteiger charge is -2.04. The van der Waals surface area contributed by atoms with Gasteiger partial charge in [-0.1, -0.05) is 11.6 Å². The predicted molar refractivity (Wildman–Crippen MR) is 42.7 cm³/mol. The molecule has 0 saturated heterocycles. The number of nitrogens with zero attached hydrogens (tertiary/aromatic N) is 1. The second kappa shape index (κ2) is 3.83. The Bertz CT molecular complexity index is 383. The van der Waals surface area contributed by atoms with Gasteiger partial charge in [-0.05, 0) is 6.07 Å². The molecule has 2 N–H and O–H groups in total. The number of primary amides is 1. The summed E-state index contributed by atoms with van der Waals surface area (Å²) in [6.07, 6.45) is -3.09. The molecule has 0 aliphatic rings. The summed E-state index contributed by atoms with van der Waals surface area (Å²) in [7, 11) is 0. The van der Waals surface area contributed by atoms with Crippen molar-refractivity contribution in [1.29, 1.82) is 0 Å². The molecule has 0 fully saturated rings. The van der Waals surface area contributed by atoms with Gasteiger partial charge in [0.25, 0.3) is 12.3 Å². The van der Waals surface area contributed by atoms with Gasteiger partial charge in [-0.3, -0.25) is 4.79 Å². The summed E-state index contributed by atoms with van der Waals surface area (Å²) in [5.41, 5.74) is 3.27. The molecule has 1 amide bonds. The molecule has 3 nitrogen and oxygen atoms in total. The van der Waals surface area contributed by atoms with Crippen molar-refractivity contribution >= 4 is 17.5 Å². The van der Waals surface area contributed by atoms with Crippen LogP contribution in [0.5, 0.6) is 0 Å². The first-order valence-electron chi connectivity index (χ1n) is 3.37. The molecule has 0 radical (unpaired) electrons. The zero-order valence-corrected chi connectivity index (χ0v) is 7.36. The molecule has 14 heavy (non-hydrogen) atoms. The Kier molecular flexibility index (Phi) is 2.95. The molecule has 0 aliphatic heterocycles. The fourth-order valence-electron chi connectivity index (χ4n) is 0.805. The lowest BCUT2D eigenvalue weighted by molar-refractivity contribution is 0.0998. The number of rotatable bonds is 2. The van der Waals surface area contributed by atoms with Crippen LogP contribution in [0.4, 0.5) is 13.2 Å². The first-order chi connectivity index (χ1) is 6.43. The second-order valence-electron chi connectivity index (χ2n) is 2.36. The smallest absolute Gasteiger partial charge is 0.283 e. The molecule has 0 spiro atoms. The van der Waals surface area contributed by atoms with Gasteiger partial charge in [0.2, 0.25) is 0 Å². The van der Waals surface area contributed by atoms with Gasteiger partial charge >= 0.3 is 0 Å². The number of carbonyl (C=O) groups is 1. The molecule has 76 valence electrons. The number of amides is 1. The van der Waals surface area contributed by atoms with Crippen molar-refractivity contribution in [2.75, 3.05) is 0 Å². The van der Waals surface area contributed by atoms with E-state index in [-0.39, 0.29) is 0 Å². The minimum absolute atomic E-state index is 0.423. The molecule has 0 aliphatic carbocycles. The van der Waals surface area contributed by atoms with Crippen molar-refractivity contribution in [2.45, 2.75) is 6.43 Å². The molecule has 0 atom stereocenters. The highest BCUT2D eigenvalue weighted by atomic mass is 35.5. The summed E-state index contributed by atoms with van der Waals surface area (Å²) in [6, 6.07) is 0.541. The minimum atomic E-state index is -3.09. The van der Waals surface area contributed by atoms with Crippen molar-refractivity contribution in [3.8, 4) is 0 Å². The normalized spacial score (nSPS) is 10.6. The summed E-state index contributed by atoms with van der Waals surface area (Å²) in [5, 5.41) is -0.533. The molecule has 1 heterocycles. The Morgan fingerprint density at radius 1 is 1.57 bits per heavy atom. The van der Waals surface area contributed by atoms with Gasteiger partial charge in [-0.2, -0.15) is 0 Å². The average molecular weight is 225 g/mol. The summed E-state index contributed by atoms with van der Waals surface area (Å²) >= 11 is 5.33. The highest BCUT2D eigenvalue weighted by Gasteiger charge is 2.20. The number of halogens is 4. The summed E-state index contributed by atoms with van der Waals surface area (Å²) in [6.45, 7) is 0. The number of pyridine rings is 1. The van der Waals surface area contributed by atoms with Gasteiger partial charge in [0, 0.05) is 0 Å². The van der Waals surface area contributed by atoms with E-state index in [1.165, 1.54) is 0 Å².